The molecule has 4 saturated carbocycles. The van der Waals surface area contributed by atoms with Crippen molar-refractivity contribution < 1.29 is 38.1 Å². The van der Waals surface area contributed by atoms with E-state index < -0.39 is 17.9 Å². The van der Waals surface area contributed by atoms with E-state index >= 15 is 0 Å². The zero-order valence-corrected chi connectivity index (χ0v) is 25.7. The third-order valence-corrected chi connectivity index (χ3v) is 11.8. The number of hydrogen-bond acceptors (Lipinski definition) is 8. The molecular formula is C34H48O8. The first-order valence-electron chi connectivity index (χ1n) is 15.5. The summed E-state index contributed by atoms with van der Waals surface area (Å²) in [7, 11) is 1.41. The van der Waals surface area contributed by atoms with Crippen molar-refractivity contribution in [2.75, 3.05) is 7.11 Å². The summed E-state index contributed by atoms with van der Waals surface area (Å²) in [6.07, 6.45) is 9.31. The molecule has 0 amide bonds. The molecule has 0 aliphatic heterocycles. The van der Waals surface area contributed by atoms with E-state index in [2.05, 4.69) is 40.5 Å². The van der Waals surface area contributed by atoms with Crippen LogP contribution in [0.1, 0.15) is 78.6 Å². The minimum absolute atomic E-state index is 0.0870. The van der Waals surface area contributed by atoms with Gasteiger partial charge in [0.2, 0.25) is 0 Å². The quantitative estimate of drug-likeness (QED) is 0.182. The van der Waals surface area contributed by atoms with Crippen molar-refractivity contribution >= 4 is 23.9 Å². The van der Waals surface area contributed by atoms with Gasteiger partial charge in [0.15, 0.2) is 0 Å². The molecule has 0 N–H and O–H groups in total. The molecule has 0 aromatic carbocycles. The van der Waals surface area contributed by atoms with Crippen LogP contribution in [-0.2, 0) is 38.1 Å². The van der Waals surface area contributed by atoms with Crippen LogP contribution in [0.25, 0.3) is 0 Å². The second kappa shape index (κ2) is 12.8. The van der Waals surface area contributed by atoms with Crippen LogP contribution in [0.2, 0.25) is 0 Å². The molecular weight excluding hydrogens is 536 g/mol. The molecule has 4 rings (SSSR count). The second-order valence-electron chi connectivity index (χ2n) is 13.5. The number of methoxy groups -OCH3 is 1. The van der Waals surface area contributed by atoms with Crippen LogP contribution < -0.4 is 0 Å². The van der Waals surface area contributed by atoms with E-state index in [1.165, 1.54) is 25.3 Å². The lowest BCUT2D eigenvalue weighted by molar-refractivity contribution is -0.222. The summed E-state index contributed by atoms with van der Waals surface area (Å²) in [6.45, 7) is 17.6. The Labute approximate surface area is 250 Å². The number of ether oxygens (including phenoxy) is 4. The van der Waals surface area contributed by atoms with E-state index in [9.17, 15) is 19.2 Å². The Morgan fingerprint density at radius 3 is 2.14 bits per heavy atom. The Kier molecular flexibility index (Phi) is 9.73. The van der Waals surface area contributed by atoms with Gasteiger partial charge in [-0.3, -0.25) is 4.79 Å². The Morgan fingerprint density at radius 2 is 1.50 bits per heavy atom. The molecule has 8 heteroatoms. The monoisotopic (exact) mass is 584 g/mol. The van der Waals surface area contributed by atoms with Crippen LogP contribution >= 0.6 is 0 Å². The molecule has 0 unspecified atom stereocenters. The average molecular weight is 585 g/mol. The zero-order valence-electron chi connectivity index (χ0n) is 25.7. The lowest BCUT2D eigenvalue weighted by atomic mass is 9.43. The average Bonchev–Trinajstić information content (AvgIpc) is 3.34. The summed E-state index contributed by atoms with van der Waals surface area (Å²) in [5, 5.41) is 0. The van der Waals surface area contributed by atoms with Crippen molar-refractivity contribution in [2.24, 2.45) is 46.3 Å². The molecule has 0 radical (unpaired) electrons. The van der Waals surface area contributed by atoms with Gasteiger partial charge in [-0.25, -0.2) is 14.4 Å². The van der Waals surface area contributed by atoms with E-state index in [4.69, 9.17) is 18.9 Å². The summed E-state index contributed by atoms with van der Waals surface area (Å²) in [4.78, 5) is 49.4. The topological polar surface area (TPSA) is 105 Å². The van der Waals surface area contributed by atoms with E-state index in [1.807, 2.05) is 0 Å². The molecule has 0 aromatic heterocycles. The van der Waals surface area contributed by atoms with Crippen molar-refractivity contribution in [1.29, 1.82) is 0 Å². The number of esters is 4. The van der Waals surface area contributed by atoms with Crippen LogP contribution in [0, 0.1) is 46.3 Å². The third kappa shape index (κ3) is 5.83. The fraction of sp³-hybridized carbons (Fsp3) is 0.706. The minimum Gasteiger partial charge on any atom is -0.469 e. The summed E-state index contributed by atoms with van der Waals surface area (Å²) >= 11 is 0. The van der Waals surface area contributed by atoms with Crippen molar-refractivity contribution in [1.82, 2.24) is 0 Å². The van der Waals surface area contributed by atoms with E-state index in [0.29, 0.717) is 32.1 Å². The third-order valence-electron chi connectivity index (χ3n) is 11.8. The Hall–Kier alpha value is -2.90. The molecule has 8 nitrogen and oxygen atoms in total. The number of fused-ring (bicyclic) bond motifs is 5. The highest BCUT2D eigenvalue weighted by Crippen LogP contribution is 2.69. The molecule has 0 saturated heterocycles. The fourth-order valence-electron chi connectivity index (χ4n) is 9.71. The van der Waals surface area contributed by atoms with Gasteiger partial charge in [0.05, 0.1) is 7.11 Å². The first-order chi connectivity index (χ1) is 19.9. The van der Waals surface area contributed by atoms with E-state index in [-0.39, 0.29) is 70.6 Å². The smallest absolute Gasteiger partial charge is 0.330 e. The molecule has 4 aliphatic rings. The maximum atomic E-state index is 12.7. The molecule has 232 valence electrons. The Balaban J connectivity index is 1.72. The lowest BCUT2D eigenvalue weighted by Gasteiger charge is -2.64. The first kappa shape index (κ1) is 32.0. The molecule has 0 heterocycles. The van der Waals surface area contributed by atoms with E-state index in [1.54, 1.807) is 0 Å². The van der Waals surface area contributed by atoms with Crippen molar-refractivity contribution in [3.63, 3.8) is 0 Å². The number of hydrogen-bond donors (Lipinski definition) is 0. The van der Waals surface area contributed by atoms with Crippen molar-refractivity contribution in [3.05, 3.63) is 38.0 Å². The van der Waals surface area contributed by atoms with Crippen LogP contribution in [-0.4, -0.2) is 49.3 Å². The highest BCUT2D eigenvalue weighted by molar-refractivity contribution is 5.82. The van der Waals surface area contributed by atoms with Gasteiger partial charge in [-0.05, 0) is 86.4 Å². The van der Waals surface area contributed by atoms with Gasteiger partial charge in [0.25, 0.3) is 0 Å². The number of carbonyl (C=O) groups excluding carboxylic acids is 4. The summed E-state index contributed by atoms with van der Waals surface area (Å²) in [5.74, 6) is -0.553. The molecule has 0 bridgehead atoms. The van der Waals surface area contributed by atoms with Crippen LogP contribution in [0.15, 0.2) is 38.0 Å². The molecule has 0 spiro atoms. The van der Waals surface area contributed by atoms with Gasteiger partial charge in [-0.15, -0.1) is 0 Å². The summed E-state index contributed by atoms with van der Waals surface area (Å²) in [6, 6.07) is 0. The van der Waals surface area contributed by atoms with Gasteiger partial charge < -0.3 is 18.9 Å². The van der Waals surface area contributed by atoms with E-state index in [0.717, 1.165) is 25.7 Å². The predicted octanol–water partition coefficient (Wildman–Crippen LogP) is 5.75. The largest absolute Gasteiger partial charge is 0.469 e. The van der Waals surface area contributed by atoms with Crippen molar-refractivity contribution in [3.8, 4) is 0 Å². The minimum atomic E-state index is -0.435. The van der Waals surface area contributed by atoms with Crippen LogP contribution in [0.5, 0.6) is 0 Å². The number of carbonyl (C=O) groups is 4. The first-order valence-corrected chi connectivity index (χ1v) is 15.5. The van der Waals surface area contributed by atoms with Gasteiger partial charge in [0, 0.05) is 36.0 Å². The number of rotatable bonds is 10. The summed E-state index contributed by atoms with van der Waals surface area (Å²) in [5.41, 5.74) is -0.471. The highest BCUT2D eigenvalue weighted by Gasteiger charge is 2.67. The fourth-order valence-corrected chi connectivity index (χ4v) is 9.71. The normalized spacial score (nSPS) is 39.2. The van der Waals surface area contributed by atoms with Crippen molar-refractivity contribution in [2.45, 2.75) is 96.9 Å². The van der Waals surface area contributed by atoms with Gasteiger partial charge in [-0.1, -0.05) is 40.5 Å². The van der Waals surface area contributed by atoms with Crippen LogP contribution in [0.4, 0.5) is 0 Å². The molecule has 42 heavy (non-hydrogen) atoms. The predicted molar refractivity (Wildman–Crippen MR) is 157 cm³/mol. The lowest BCUT2D eigenvalue weighted by Crippen LogP contribution is -2.63. The molecule has 0 aromatic rings. The van der Waals surface area contributed by atoms with Gasteiger partial charge in [0.1, 0.15) is 18.3 Å². The molecule has 11 atom stereocenters. The van der Waals surface area contributed by atoms with Crippen LogP contribution in [0.3, 0.4) is 0 Å². The Morgan fingerprint density at radius 1 is 0.857 bits per heavy atom. The maximum absolute atomic E-state index is 12.7. The maximum Gasteiger partial charge on any atom is 0.330 e. The standard InChI is InChI=1S/C34H48O8/c1-8-28(35)40-22-15-16-33(5)21(17-22)18-26(41-29(36)9-2)32-24-13-12-23(20(4)11-14-31(38)39-7)34(24,6)27(19-25(32)33)42-30(37)10-3/h8-10,20-27,32H,1-3,11-19H2,4-7H3/t20-,21+,22-,23-,24+,25+,26-,27+,32+,33+,34-/m1/s1. The molecule has 4 aliphatic carbocycles. The highest BCUT2D eigenvalue weighted by atomic mass is 16.6. The van der Waals surface area contributed by atoms with Gasteiger partial charge >= 0.3 is 23.9 Å². The Bertz CT molecular complexity index is 1100. The SMILES string of the molecule is C=CC(=O)O[C@@H]1CC[C@@]2(C)[C@@H](C1)C[C@@H](OC(=O)C=C)[C@@H]1[C@@H]2C[C@H](OC(=O)C=C)[C@]2(C)[C@@H]([C@H](C)CCC(=O)OC)CC[C@@H]12. The van der Waals surface area contributed by atoms with Gasteiger partial charge in [-0.2, -0.15) is 0 Å². The second-order valence-corrected chi connectivity index (χ2v) is 13.5. The molecule has 4 fully saturated rings. The summed E-state index contributed by atoms with van der Waals surface area (Å²) < 4.78 is 23.0. The zero-order chi connectivity index (χ0) is 30.8.